The van der Waals surface area contributed by atoms with Crippen LogP contribution < -0.4 is 10.0 Å². The zero-order chi connectivity index (χ0) is 18.6. The number of rotatable bonds is 6. The average Bonchev–Trinajstić information content (AvgIpc) is 2.73. The third-order valence-electron chi connectivity index (χ3n) is 5.14. The van der Waals surface area contributed by atoms with Crippen molar-refractivity contribution in [2.75, 3.05) is 13.3 Å². The van der Waals surface area contributed by atoms with E-state index in [2.05, 4.69) is 79.7 Å². The molecule has 0 aromatic heterocycles. The lowest BCUT2D eigenvalue weighted by atomic mass is 9.97. The lowest BCUT2D eigenvalue weighted by Crippen LogP contribution is -2.05. The third-order valence-corrected chi connectivity index (χ3v) is 6.63. The molecule has 0 bridgehead atoms. The Hall–Kier alpha value is -2.37. The van der Waals surface area contributed by atoms with Crippen LogP contribution in [0.25, 0.3) is 32.7 Å². The fraction of sp³-hybridized carbons (Fsp3) is 0.200. The second-order valence-electron chi connectivity index (χ2n) is 6.86. The summed E-state index contributed by atoms with van der Waals surface area (Å²) >= 11 is 0. The van der Waals surface area contributed by atoms with E-state index < -0.39 is 0 Å². The van der Waals surface area contributed by atoms with Gasteiger partial charge in [-0.3, -0.25) is 0 Å². The van der Waals surface area contributed by atoms with Crippen LogP contribution in [0, 0.1) is 0 Å². The molecule has 4 rings (SSSR count). The van der Waals surface area contributed by atoms with Crippen LogP contribution in [0.1, 0.15) is 19.8 Å². The Kier molecular flexibility index (Phi) is 5.41. The molecule has 1 atom stereocenters. The fourth-order valence-corrected chi connectivity index (χ4v) is 5.36. The molecule has 0 saturated heterocycles. The Labute approximate surface area is 163 Å². The standard InChI is InChI=1S/C25H25OP/c1-3-4-17-27-25-21-12-8-6-10-19(21)14-16-23(25)22-15-13-18-9-5-7-11-20(18)24(22)26-2/h5-16,27H,3-4,17H2,1-2H3. The minimum Gasteiger partial charge on any atom is -0.495 e. The quantitative estimate of drug-likeness (QED) is 0.268. The molecule has 0 saturated carbocycles. The number of benzene rings is 4. The van der Waals surface area contributed by atoms with Crippen molar-refractivity contribution in [3.63, 3.8) is 0 Å². The second kappa shape index (κ2) is 8.11. The van der Waals surface area contributed by atoms with Crippen molar-refractivity contribution < 1.29 is 4.74 Å². The Morgan fingerprint density at radius 3 is 2.07 bits per heavy atom. The number of fused-ring (bicyclic) bond motifs is 2. The summed E-state index contributed by atoms with van der Waals surface area (Å²) in [7, 11) is 2.59. The van der Waals surface area contributed by atoms with Gasteiger partial charge in [0.1, 0.15) is 5.75 Å². The van der Waals surface area contributed by atoms with Crippen molar-refractivity contribution >= 4 is 35.4 Å². The van der Waals surface area contributed by atoms with Crippen LogP contribution in [0.4, 0.5) is 0 Å². The highest BCUT2D eigenvalue weighted by Crippen LogP contribution is 2.39. The van der Waals surface area contributed by atoms with Crippen molar-refractivity contribution in [3.8, 4) is 16.9 Å². The number of hydrogen-bond acceptors (Lipinski definition) is 1. The van der Waals surface area contributed by atoms with Gasteiger partial charge in [0, 0.05) is 10.9 Å². The van der Waals surface area contributed by atoms with Gasteiger partial charge in [-0.05, 0) is 45.7 Å². The highest BCUT2D eigenvalue weighted by molar-refractivity contribution is 7.48. The molecule has 0 spiro atoms. The van der Waals surface area contributed by atoms with Gasteiger partial charge in [-0.1, -0.05) is 88.7 Å². The Balaban J connectivity index is 1.95. The maximum absolute atomic E-state index is 5.91. The van der Waals surface area contributed by atoms with Crippen LogP contribution >= 0.6 is 8.58 Å². The van der Waals surface area contributed by atoms with Crippen LogP contribution in [0.2, 0.25) is 0 Å². The summed E-state index contributed by atoms with van der Waals surface area (Å²) in [6, 6.07) is 26.2. The molecule has 1 unspecified atom stereocenters. The van der Waals surface area contributed by atoms with E-state index in [0.717, 1.165) is 14.3 Å². The predicted molar refractivity (Wildman–Crippen MR) is 121 cm³/mol. The average molecular weight is 372 g/mol. The molecule has 0 fully saturated rings. The molecule has 27 heavy (non-hydrogen) atoms. The molecule has 1 nitrogen and oxygen atoms in total. The second-order valence-corrected chi connectivity index (χ2v) is 8.21. The number of methoxy groups -OCH3 is 1. The van der Waals surface area contributed by atoms with Crippen molar-refractivity contribution in [2.24, 2.45) is 0 Å². The van der Waals surface area contributed by atoms with Crippen LogP contribution in [0.5, 0.6) is 5.75 Å². The minimum atomic E-state index is 0.809. The predicted octanol–water partition coefficient (Wildman–Crippen LogP) is 6.77. The van der Waals surface area contributed by atoms with Gasteiger partial charge in [0.2, 0.25) is 0 Å². The Bertz CT molecular complexity index is 1080. The van der Waals surface area contributed by atoms with Gasteiger partial charge in [0.05, 0.1) is 7.11 Å². The maximum atomic E-state index is 5.91. The first-order valence-electron chi connectivity index (χ1n) is 9.65. The van der Waals surface area contributed by atoms with Crippen molar-refractivity contribution in [1.29, 1.82) is 0 Å². The van der Waals surface area contributed by atoms with E-state index in [1.807, 2.05) is 0 Å². The third kappa shape index (κ3) is 3.45. The van der Waals surface area contributed by atoms with E-state index in [9.17, 15) is 0 Å². The fourth-order valence-electron chi connectivity index (χ4n) is 3.75. The van der Waals surface area contributed by atoms with E-state index in [1.165, 1.54) is 57.0 Å². The molecule has 0 radical (unpaired) electrons. The van der Waals surface area contributed by atoms with Gasteiger partial charge in [0.15, 0.2) is 0 Å². The molecule has 0 amide bonds. The SMILES string of the molecule is CCCCPc1c(-c2ccc3ccccc3c2OC)ccc2ccccc12. The molecular weight excluding hydrogens is 347 g/mol. The zero-order valence-corrected chi connectivity index (χ0v) is 17.0. The summed E-state index contributed by atoms with van der Waals surface area (Å²) in [5.74, 6) is 0.977. The largest absolute Gasteiger partial charge is 0.495 e. The Morgan fingerprint density at radius 2 is 1.37 bits per heavy atom. The monoisotopic (exact) mass is 372 g/mol. The Morgan fingerprint density at radius 1 is 0.741 bits per heavy atom. The highest BCUT2D eigenvalue weighted by atomic mass is 31.1. The van der Waals surface area contributed by atoms with E-state index >= 15 is 0 Å². The lowest BCUT2D eigenvalue weighted by Gasteiger charge is -2.17. The molecule has 0 N–H and O–H groups in total. The van der Waals surface area contributed by atoms with Crippen LogP contribution in [0.15, 0.2) is 72.8 Å². The van der Waals surface area contributed by atoms with E-state index in [0.29, 0.717) is 0 Å². The van der Waals surface area contributed by atoms with Gasteiger partial charge in [-0.25, -0.2) is 0 Å². The molecule has 4 aromatic carbocycles. The minimum absolute atomic E-state index is 0.809. The molecule has 0 aliphatic heterocycles. The van der Waals surface area contributed by atoms with Gasteiger partial charge in [-0.15, -0.1) is 0 Å². The first-order chi connectivity index (χ1) is 13.3. The molecule has 0 aliphatic carbocycles. The molecule has 0 heterocycles. The highest BCUT2D eigenvalue weighted by Gasteiger charge is 2.15. The molecule has 0 aliphatic rings. The van der Waals surface area contributed by atoms with Gasteiger partial charge < -0.3 is 4.74 Å². The number of unbranched alkanes of at least 4 members (excludes halogenated alkanes) is 1. The smallest absolute Gasteiger partial charge is 0.134 e. The summed E-state index contributed by atoms with van der Waals surface area (Å²) in [6.45, 7) is 2.26. The van der Waals surface area contributed by atoms with Gasteiger partial charge in [0.25, 0.3) is 0 Å². The maximum Gasteiger partial charge on any atom is 0.134 e. The number of ether oxygens (including phenoxy) is 1. The molecule has 4 aromatic rings. The van der Waals surface area contributed by atoms with E-state index in [-0.39, 0.29) is 0 Å². The van der Waals surface area contributed by atoms with Gasteiger partial charge in [-0.2, -0.15) is 0 Å². The molecule has 136 valence electrons. The normalized spacial score (nSPS) is 11.6. The van der Waals surface area contributed by atoms with Crippen molar-refractivity contribution in [2.45, 2.75) is 19.8 Å². The summed E-state index contributed by atoms with van der Waals surface area (Å²) < 4.78 is 5.91. The first kappa shape index (κ1) is 18.0. The first-order valence-corrected chi connectivity index (χ1v) is 10.9. The summed E-state index contributed by atoms with van der Waals surface area (Å²) in [4.78, 5) is 0. The van der Waals surface area contributed by atoms with Crippen LogP contribution in [0.3, 0.4) is 0 Å². The van der Waals surface area contributed by atoms with Crippen molar-refractivity contribution in [1.82, 2.24) is 0 Å². The molecular formula is C25H25OP. The molecule has 2 heteroatoms. The van der Waals surface area contributed by atoms with Crippen LogP contribution in [-0.4, -0.2) is 13.3 Å². The zero-order valence-electron chi connectivity index (χ0n) is 16.0. The van der Waals surface area contributed by atoms with E-state index in [1.54, 1.807) is 7.11 Å². The van der Waals surface area contributed by atoms with E-state index in [4.69, 9.17) is 4.74 Å². The summed E-state index contributed by atoms with van der Waals surface area (Å²) in [5.41, 5.74) is 2.51. The van der Waals surface area contributed by atoms with Crippen LogP contribution in [-0.2, 0) is 0 Å². The van der Waals surface area contributed by atoms with Crippen molar-refractivity contribution in [3.05, 3.63) is 72.8 Å². The summed E-state index contributed by atoms with van der Waals surface area (Å²) in [5, 5.41) is 6.55. The topological polar surface area (TPSA) is 9.23 Å². The summed E-state index contributed by atoms with van der Waals surface area (Å²) in [6.07, 6.45) is 3.76. The van der Waals surface area contributed by atoms with Gasteiger partial charge >= 0.3 is 0 Å². The number of hydrogen-bond donors (Lipinski definition) is 0. The lowest BCUT2D eigenvalue weighted by molar-refractivity contribution is 0.421.